The molecule has 18 heavy (non-hydrogen) atoms. The summed E-state index contributed by atoms with van der Waals surface area (Å²) in [6.45, 7) is 0. The fraction of sp³-hybridized carbons (Fsp3) is 0. The Morgan fingerprint density at radius 1 is 1.22 bits per heavy atom. The summed E-state index contributed by atoms with van der Waals surface area (Å²) in [5, 5.41) is 9.20. The van der Waals surface area contributed by atoms with Crippen molar-refractivity contribution in [2.24, 2.45) is 0 Å². The van der Waals surface area contributed by atoms with E-state index >= 15 is 0 Å². The van der Waals surface area contributed by atoms with E-state index in [1.807, 2.05) is 6.07 Å². The van der Waals surface area contributed by atoms with Gasteiger partial charge in [-0.1, -0.05) is 11.8 Å². The molecule has 0 spiro atoms. The Morgan fingerprint density at radius 2 is 2.00 bits per heavy atom. The molecule has 90 valence electrons. The minimum Gasteiger partial charge on any atom is -0.396 e. The molecule has 2 rings (SSSR count). The van der Waals surface area contributed by atoms with Gasteiger partial charge in [-0.15, -0.1) is 0 Å². The highest BCUT2D eigenvalue weighted by atomic mass is 32.2. The van der Waals surface area contributed by atoms with Crippen molar-refractivity contribution in [1.82, 2.24) is 4.98 Å². The third-order valence-electron chi connectivity index (χ3n) is 2.12. The smallest absolute Gasteiger partial charge is 0.164 e. The average Bonchev–Trinajstić information content (AvgIpc) is 2.35. The maximum absolute atomic E-state index is 13.4. The minimum absolute atomic E-state index is 0.0857. The first kappa shape index (κ1) is 12.3. The summed E-state index contributed by atoms with van der Waals surface area (Å²) < 4.78 is 26.2. The van der Waals surface area contributed by atoms with Crippen LogP contribution in [0.25, 0.3) is 0 Å². The van der Waals surface area contributed by atoms with E-state index < -0.39 is 11.6 Å². The van der Waals surface area contributed by atoms with Crippen LogP contribution in [0.1, 0.15) is 5.69 Å². The fourth-order valence-corrected chi connectivity index (χ4v) is 2.06. The van der Waals surface area contributed by atoms with Crippen molar-refractivity contribution in [2.45, 2.75) is 9.92 Å². The largest absolute Gasteiger partial charge is 0.396 e. The van der Waals surface area contributed by atoms with E-state index in [-0.39, 0.29) is 16.3 Å². The van der Waals surface area contributed by atoms with E-state index in [0.717, 1.165) is 23.9 Å². The summed E-state index contributed by atoms with van der Waals surface area (Å²) in [5.41, 5.74) is 5.88. The van der Waals surface area contributed by atoms with Crippen molar-refractivity contribution in [3.8, 4) is 6.07 Å². The van der Waals surface area contributed by atoms with E-state index in [2.05, 4.69) is 4.98 Å². The third kappa shape index (κ3) is 2.57. The zero-order valence-electron chi connectivity index (χ0n) is 9.02. The number of anilines is 1. The second kappa shape index (κ2) is 5.02. The summed E-state index contributed by atoms with van der Waals surface area (Å²) >= 11 is 1.00. The van der Waals surface area contributed by atoms with Crippen LogP contribution in [0.2, 0.25) is 0 Å². The Morgan fingerprint density at radius 3 is 2.67 bits per heavy atom. The predicted molar refractivity (Wildman–Crippen MR) is 63.8 cm³/mol. The summed E-state index contributed by atoms with van der Waals surface area (Å²) in [6, 6.07) is 8.21. The van der Waals surface area contributed by atoms with Gasteiger partial charge >= 0.3 is 0 Å². The van der Waals surface area contributed by atoms with Crippen molar-refractivity contribution in [1.29, 1.82) is 5.26 Å². The normalized spacial score (nSPS) is 10.1. The first-order valence-corrected chi connectivity index (χ1v) is 5.71. The molecule has 0 aliphatic rings. The highest BCUT2D eigenvalue weighted by Crippen LogP contribution is 2.29. The Bertz CT molecular complexity index is 638. The van der Waals surface area contributed by atoms with Crippen LogP contribution in [0.4, 0.5) is 14.5 Å². The Hall–Kier alpha value is -2.13. The molecule has 0 atom stereocenters. The number of halogens is 2. The minimum atomic E-state index is -0.669. The van der Waals surface area contributed by atoms with E-state index in [0.29, 0.717) is 5.03 Å². The molecule has 2 N–H and O–H groups in total. The Balaban J connectivity index is 2.32. The van der Waals surface area contributed by atoms with Gasteiger partial charge in [0.25, 0.3) is 0 Å². The van der Waals surface area contributed by atoms with Gasteiger partial charge in [-0.05, 0) is 24.3 Å². The number of rotatable bonds is 2. The van der Waals surface area contributed by atoms with Gasteiger partial charge in [-0.25, -0.2) is 13.8 Å². The molecule has 6 heteroatoms. The lowest BCUT2D eigenvalue weighted by atomic mass is 10.3. The highest BCUT2D eigenvalue weighted by molar-refractivity contribution is 7.99. The predicted octanol–water partition coefficient (Wildman–Crippen LogP) is 2.96. The number of hydrogen-bond acceptors (Lipinski definition) is 4. The molecule has 0 radical (unpaired) electrons. The van der Waals surface area contributed by atoms with Gasteiger partial charge in [0.1, 0.15) is 22.7 Å². The number of benzene rings is 1. The van der Waals surface area contributed by atoms with E-state index in [1.165, 1.54) is 12.1 Å². The van der Waals surface area contributed by atoms with Gasteiger partial charge in [0, 0.05) is 11.0 Å². The van der Waals surface area contributed by atoms with Crippen LogP contribution >= 0.6 is 11.8 Å². The molecule has 1 aromatic heterocycles. The zero-order chi connectivity index (χ0) is 13.1. The molecule has 0 bridgehead atoms. The SMILES string of the molecule is N#Cc1nc(Sc2ccc(F)cc2F)ccc1N. The van der Waals surface area contributed by atoms with Crippen LogP contribution in [-0.4, -0.2) is 4.98 Å². The van der Waals surface area contributed by atoms with Crippen molar-refractivity contribution in [2.75, 3.05) is 5.73 Å². The molecular formula is C12H7F2N3S. The lowest BCUT2D eigenvalue weighted by Crippen LogP contribution is -1.94. The number of nitriles is 1. The maximum atomic E-state index is 13.4. The fourth-order valence-electron chi connectivity index (χ4n) is 1.27. The van der Waals surface area contributed by atoms with Gasteiger partial charge in [0.05, 0.1) is 5.69 Å². The topological polar surface area (TPSA) is 62.7 Å². The number of nitrogens with two attached hydrogens (primary N) is 1. The van der Waals surface area contributed by atoms with Crippen LogP contribution in [0.15, 0.2) is 40.3 Å². The molecule has 0 aliphatic heterocycles. The van der Waals surface area contributed by atoms with Crippen LogP contribution in [0.3, 0.4) is 0 Å². The van der Waals surface area contributed by atoms with Crippen LogP contribution in [0, 0.1) is 23.0 Å². The number of aromatic nitrogens is 1. The molecule has 0 saturated heterocycles. The molecule has 0 saturated carbocycles. The van der Waals surface area contributed by atoms with Gasteiger partial charge in [-0.3, -0.25) is 0 Å². The molecule has 0 amide bonds. The number of nitrogen functional groups attached to an aromatic ring is 1. The van der Waals surface area contributed by atoms with E-state index in [9.17, 15) is 8.78 Å². The molecule has 0 unspecified atom stereocenters. The van der Waals surface area contributed by atoms with Gasteiger partial charge in [0.2, 0.25) is 0 Å². The average molecular weight is 263 g/mol. The van der Waals surface area contributed by atoms with Crippen LogP contribution in [0.5, 0.6) is 0 Å². The molecule has 2 aromatic rings. The lowest BCUT2D eigenvalue weighted by Gasteiger charge is -2.04. The quantitative estimate of drug-likeness (QED) is 0.904. The summed E-state index contributed by atoms with van der Waals surface area (Å²) in [4.78, 5) is 4.20. The molecule has 1 heterocycles. The summed E-state index contributed by atoms with van der Waals surface area (Å²) in [6.07, 6.45) is 0. The molecular weight excluding hydrogens is 256 g/mol. The third-order valence-corrected chi connectivity index (χ3v) is 3.10. The van der Waals surface area contributed by atoms with Crippen molar-refractivity contribution < 1.29 is 8.78 Å². The standard InChI is InChI=1S/C12H7F2N3S/c13-7-1-3-11(8(14)5-7)18-12-4-2-9(16)10(6-15)17-12/h1-5H,16H2. The molecule has 0 fully saturated rings. The maximum Gasteiger partial charge on any atom is 0.164 e. The van der Waals surface area contributed by atoms with Gasteiger partial charge in [-0.2, -0.15) is 5.26 Å². The Kier molecular flexibility index (Phi) is 3.44. The van der Waals surface area contributed by atoms with Crippen LogP contribution < -0.4 is 5.73 Å². The summed E-state index contributed by atoms with van der Waals surface area (Å²) in [7, 11) is 0. The second-order valence-electron chi connectivity index (χ2n) is 3.38. The Labute approximate surface area is 106 Å². The second-order valence-corrected chi connectivity index (χ2v) is 4.44. The lowest BCUT2D eigenvalue weighted by molar-refractivity contribution is 0.565. The number of hydrogen-bond donors (Lipinski definition) is 1. The van der Waals surface area contributed by atoms with E-state index in [4.69, 9.17) is 11.0 Å². The van der Waals surface area contributed by atoms with Gasteiger partial charge < -0.3 is 5.73 Å². The van der Waals surface area contributed by atoms with Crippen molar-refractivity contribution in [3.63, 3.8) is 0 Å². The van der Waals surface area contributed by atoms with Gasteiger partial charge in [0.15, 0.2) is 5.69 Å². The number of pyridine rings is 1. The van der Waals surface area contributed by atoms with Crippen molar-refractivity contribution >= 4 is 17.4 Å². The zero-order valence-corrected chi connectivity index (χ0v) is 9.84. The molecule has 3 nitrogen and oxygen atoms in total. The molecule has 1 aromatic carbocycles. The van der Waals surface area contributed by atoms with Crippen molar-refractivity contribution in [3.05, 3.63) is 47.7 Å². The molecule has 0 aliphatic carbocycles. The highest BCUT2D eigenvalue weighted by Gasteiger charge is 2.08. The summed E-state index contributed by atoms with van der Waals surface area (Å²) in [5.74, 6) is -1.31. The van der Waals surface area contributed by atoms with E-state index in [1.54, 1.807) is 6.07 Å². The first-order chi connectivity index (χ1) is 8.60. The number of nitrogens with zero attached hydrogens (tertiary/aromatic N) is 2. The monoisotopic (exact) mass is 263 g/mol. The first-order valence-electron chi connectivity index (χ1n) is 4.89. The van der Waals surface area contributed by atoms with Crippen LogP contribution in [-0.2, 0) is 0 Å².